The molecule has 1 saturated carbocycles. The van der Waals surface area contributed by atoms with E-state index in [0.29, 0.717) is 23.2 Å². The van der Waals surface area contributed by atoms with Crippen LogP contribution in [0.2, 0.25) is 0 Å². The highest BCUT2D eigenvalue weighted by Crippen LogP contribution is 2.40. The molecule has 0 unspecified atom stereocenters. The highest BCUT2D eigenvalue weighted by atomic mass is 32.2. The first-order valence-electron chi connectivity index (χ1n) is 12.3. The smallest absolute Gasteiger partial charge is 0.267 e. The van der Waals surface area contributed by atoms with Gasteiger partial charge in [-0.2, -0.15) is 0 Å². The van der Waals surface area contributed by atoms with E-state index in [-0.39, 0.29) is 11.9 Å². The van der Waals surface area contributed by atoms with Crippen molar-refractivity contribution in [3.8, 4) is 11.5 Å². The van der Waals surface area contributed by atoms with Gasteiger partial charge in [0.1, 0.15) is 0 Å². The Labute approximate surface area is 207 Å². The van der Waals surface area contributed by atoms with Gasteiger partial charge >= 0.3 is 0 Å². The second-order valence-electron chi connectivity index (χ2n) is 8.96. The van der Waals surface area contributed by atoms with Crippen molar-refractivity contribution in [2.24, 2.45) is 10.9 Å². The molecule has 6 heteroatoms. The highest BCUT2D eigenvalue weighted by Gasteiger charge is 2.41. The zero-order valence-electron chi connectivity index (χ0n) is 20.3. The minimum atomic E-state index is 0.0423. The number of thioether (sulfide) groups is 1. The second-order valence-corrected chi connectivity index (χ2v) is 9.97. The molecule has 2 fully saturated rings. The first-order valence-corrected chi connectivity index (χ1v) is 13.1. The average molecular weight is 479 g/mol. The van der Waals surface area contributed by atoms with Gasteiger partial charge in [-0.3, -0.25) is 9.69 Å². The van der Waals surface area contributed by atoms with Gasteiger partial charge in [-0.25, -0.2) is 4.99 Å². The topological polar surface area (TPSA) is 51.1 Å². The molecule has 4 rings (SSSR count). The van der Waals surface area contributed by atoms with Crippen LogP contribution in [0.4, 0.5) is 5.69 Å². The van der Waals surface area contributed by atoms with Gasteiger partial charge in [0, 0.05) is 6.04 Å². The van der Waals surface area contributed by atoms with Crippen LogP contribution >= 0.6 is 11.8 Å². The van der Waals surface area contributed by atoms with Gasteiger partial charge in [-0.15, -0.1) is 0 Å². The number of methoxy groups -OCH3 is 1. The van der Waals surface area contributed by atoms with E-state index in [2.05, 4.69) is 13.8 Å². The molecule has 34 heavy (non-hydrogen) atoms. The molecule has 2 aliphatic rings. The summed E-state index contributed by atoms with van der Waals surface area (Å²) in [6, 6.07) is 15.9. The Balaban J connectivity index is 1.64. The monoisotopic (exact) mass is 478 g/mol. The second kappa shape index (κ2) is 11.6. The van der Waals surface area contributed by atoms with Gasteiger partial charge in [0.05, 0.1) is 24.3 Å². The zero-order valence-corrected chi connectivity index (χ0v) is 21.1. The van der Waals surface area contributed by atoms with Crippen LogP contribution in [0.3, 0.4) is 0 Å². The van der Waals surface area contributed by atoms with E-state index in [9.17, 15) is 4.79 Å². The molecule has 5 nitrogen and oxygen atoms in total. The van der Waals surface area contributed by atoms with E-state index >= 15 is 0 Å². The number of hydrogen-bond donors (Lipinski definition) is 0. The van der Waals surface area contributed by atoms with Gasteiger partial charge < -0.3 is 9.47 Å². The predicted molar refractivity (Wildman–Crippen MR) is 141 cm³/mol. The van der Waals surface area contributed by atoms with Crippen LogP contribution in [0.15, 0.2) is 58.4 Å². The third-order valence-corrected chi connectivity index (χ3v) is 7.44. The van der Waals surface area contributed by atoms with Crippen molar-refractivity contribution in [2.75, 3.05) is 13.7 Å². The van der Waals surface area contributed by atoms with Crippen LogP contribution in [0, 0.1) is 5.92 Å². The van der Waals surface area contributed by atoms with Gasteiger partial charge in [0.15, 0.2) is 16.7 Å². The van der Waals surface area contributed by atoms with Gasteiger partial charge in [-0.1, -0.05) is 57.4 Å². The van der Waals surface area contributed by atoms with Crippen LogP contribution in [0.1, 0.15) is 57.9 Å². The lowest BCUT2D eigenvalue weighted by Crippen LogP contribution is -2.44. The number of carbonyl (C=O) groups is 1. The molecule has 1 heterocycles. The molecule has 0 spiro atoms. The molecule has 1 saturated heterocycles. The maximum Gasteiger partial charge on any atom is 0.267 e. The van der Waals surface area contributed by atoms with Crippen molar-refractivity contribution in [1.29, 1.82) is 0 Å². The number of rotatable bonds is 8. The van der Waals surface area contributed by atoms with E-state index < -0.39 is 0 Å². The predicted octanol–water partition coefficient (Wildman–Crippen LogP) is 7.06. The highest BCUT2D eigenvalue weighted by molar-refractivity contribution is 8.18. The normalized spacial score (nSPS) is 23.0. The van der Waals surface area contributed by atoms with E-state index in [1.165, 1.54) is 18.2 Å². The maximum atomic E-state index is 13.7. The average Bonchev–Trinajstić information content (AvgIpc) is 3.15. The van der Waals surface area contributed by atoms with Crippen LogP contribution in [-0.2, 0) is 4.79 Å². The van der Waals surface area contributed by atoms with E-state index in [4.69, 9.17) is 14.5 Å². The number of benzene rings is 2. The Morgan fingerprint density at radius 1 is 1.12 bits per heavy atom. The minimum Gasteiger partial charge on any atom is -0.493 e. The van der Waals surface area contributed by atoms with Crippen molar-refractivity contribution in [1.82, 2.24) is 4.90 Å². The number of aliphatic imine (C=N–C) groups is 1. The fraction of sp³-hybridized carbons (Fsp3) is 0.429. The summed E-state index contributed by atoms with van der Waals surface area (Å²) in [5, 5.41) is 0.771. The Bertz CT molecular complexity index is 1050. The summed E-state index contributed by atoms with van der Waals surface area (Å²) in [4.78, 5) is 21.2. The fourth-order valence-corrected chi connectivity index (χ4v) is 5.57. The van der Waals surface area contributed by atoms with Crippen molar-refractivity contribution < 1.29 is 14.3 Å². The summed E-state index contributed by atoms with van der Waals surface area (Å²) in [5.41, 5.74) is 1.77. The SMILES string of the molecule is CCCCOc1ccc(/C=C2\SC(=Nc3ccccc3)N([C@@H]3CCCC[C@@H]3C)C2=O)cc1OC. The number of para-hydroxylation sites is 1. The lowest BCUT2D eigenvalue weighted by Gasteiger charge is -2.35. The molecule has 0 aromatic heterocycles. The van der Waals surface area contributed by atoms with Crippen LogP contribution in [0.25, 0.3) is 6.08 Å². The van der Waals surface area contributed by atoms with Crippen LogP contribution in [0.5, 0.6) is 11.5 Å². The summed E-state index contributed by atoms with van der Waals surface area (Å²) >= 11 is 1.46. The number of amidine groups is 1. The summed E-state index contributed by atoms with van der Waals surface area (Å²) in [6.07, 6.45) is 8.57. The molecule has 2 aromatic rings. The standard InChI is InChI=1S/C28H34N2O3S/c1-4-5-17-33-24-16-15-21(18-25(24)32-3)19-26-27(31)30(23-14-10-9-11-20(23)2)28(34-26)29-22-12-7-6-8-13-22/h6-8,12-13,15-16,18-20,23H,4-5,9-11,14,17H2,1-3H3/b26-19-,29-28?/t20-,23+/m0/s1. The lowest BCUT2D eigenvalue weighted by molar-refractivity contribution is -0.124. The molecule has 2 atom stereocenters. The first kappa shape index (κ1) is 24.4. The molecule has 1 amide bonds. The Morgan fingerprint density at radius 2 is 1.91 bits per heavy atom. The number of hydrogen-bond acceptors (Lipinski definition) is 5. The van der Waals surface area contributed by atoms with Crippen molar-refractivity contribution in [2.45, 2.75) is 58.4 Å². The molecular formula is C28H34N2O3S. The van der Waals surface area contributed by atoms with Crippen LogP contribution < -0.4 is 9.47 Å². The largest absolute Gasteiger partial charge is 0.493 e. The summed E-state index contributed by atoms with van der Waals surface area (Å²) in [6.45, 7) is 5.06. The molecule has 1 aliphatic carbocycles. The molecule has 2 aromatic carbocycles. The third kappa shape index (κ3) is 5.66. The fourth-order valence-electron chi connectivity index (χ4n) is 4.52. The minimum absolute atomic E-state index is 0.0423. The quantitative estimate of drug-likeness (QED) is 0.301. The number of nitrogens with zero attached hydrogens (tertiary/aromatic N) is 2. The van der Waals surface area contributed by atoms with E-state index in [1.54, 1.807) is 7.11 Å². The lowest BCUT2D eigenvalue weighted by atomic mass is 9.85. The van der Waals surface area contributed by atoms with E-state index in [1.807, 2.05) is 59.5 Å². The van der Waals surface area contributed by atoms with Crippen LogP contribution in [-0.4, -0.2) is 35.7 Å². The van der Waals surface area contributed by atoms with Crippen molar-refractivity contribution in [3.63, 3.8) is 0 Å². The first-order chi connectivity index (χ1) is 16.6. The Morgan fingerprint density at radius 3 is 2.65 bits per heavy atom. The molecule has 0 radical (unpaired) electrons. The van der Waals surface area contributed by atoms with Crippen molar-refractivity contribution in [3.05, 3.63) is 59.0 Å². The molecule has 0 N–H and O–H groups in total. The molecule has 180 valence electrons. The Hall–Kier alpha value is -2.73. The third-order valence-electron chi connectivity index (χ3n) is 6.46. The molecule has 1 aliphatic heterocycles. The number of ether oxygens (including phenoxy) is 2. The number of amides is 1. The summed E-state index contributed by atoms with van der Waals surface area (Å²) in [7, 11) is 1.64. The molecular weight excluding hydrogens is 444 g/mol. The Kier molecular flexibility index (Phi) is 8.33. The van der Waals surface area contributed by atoms with Gasteiger partial charge in [-0.05, 0) is 72.8 Å². The maximum absolute atomic E-state index is 13.7. The van der Waals surface area contributed by atoms with E-state index in [0.717, 1.165) is 54.3 Å². The summed E-state index contributed by atoms with van der Waals surface area (Å²) < 4.78 is 11.4. The van der Waals surface area contributed by atoms with Gasteiger partial charge in [0.2, 0.25) is 0 Å². The molecule has 0 bridgehead atoms. The zero-order chi connectivity index (χ0) is 23.9. The van der Waals surface area contributed by atoms with Gasteiger partial charge in [0.25, 0.3) is 5.91 Å². The number of carbonyl (C=O) groups excluding carboxylic acids is 1. The number of unbranched alkanes of at least 4 members (excludes halogenated alkanes) is 1. The summed E-state index contributed by atoms with van der Waals surface area (Å²) in [5.74, 6) is 1.91. The van der Waals surface area contributed by atoms with Crippen molar-refractivity contribution >= 4 is 34.6 Å².